The van der Waals surface area contributed by atoms with Crippen LogP contribution in [-0.2, 0) is 17.6 Å². The van der Waals surface area contributed by atoms with Crippen molar-refractivity contribution in [3.8, 4) is 0 Å². The SMILES string of the molecule is CC(CCCC(=O)c1ccc2c(c1)N(C)C(=O)C1CC1C2)N(C)CCc1ccccc1Cl. The third-order valence-corrected chi connectivity index (χ3v) is 7.66. The number of benzene rings is 2. The van der Waals surface area contributed by atoms with Crippen molar-refractivity contribution in [1.29, 1.82) is 0 Å². The van der Waals surface area contributed by atoms with Gasteiger partial charge in [-0.2, -0.15) is 0 Å². The summed E-state index contributed by atoms with van der Waals surface area (Å²) < 4.78 is 0. The van der Waals surface area contributed by atoms with Gasteiger partial charge in [0.2, 0.25) is 5.91 Å². The van der Waals surface area contributed by atoms with Crippen molar-refractivity contribution in [1.82, 2.24) is 4.90 Å². The zero-order valence-corrected chi connectivity index (χ0v) is 20.1. The Morgan fingerprint density at radius 2 is 2.03 bits per heavy atom. The lowest BCUT2D eigenvalue weighted by Gasteiger charge is -2.25. The number of carbonyl (C=O) groups is 2. The first-order chi connectivity index (χ1) is 15.3. The lowest BCUT2D eigenvalue weighted by molar-refractivity contribution is -0.119. The molecule has 32 heavy (non-hydrogen) atoms. The molecule has 3 atom stereocenters. The standard InChI is InChI=1S/C27H33ClN2O2/c1-18(29(2)14-13-19-8-4-5-9-24(19)28)7-6-10-26(31)21-12-11-20-15-22-16-23(22)27(32)30(3)25(20)17-21/h4-5,8-9,11-12,17-18,22-23H,6-7,10,13-16H2,1-3H3. The quantitative estimate of drug-likeness (QED) is 0.477. The molecule has 1 aliphatic carbocycles. The Bertz CT molecular complexity index is 1000. The smallest absolute Gasteiger partial charge is 0.230 e. The minimum absolute atomic E-state index is 0.161. The molecule has 0 N–H and O–H groups in total. The number of Topliss-reactive ketones (excluding diaryl/α,β-unsaturated/α-hetero) is 1. The highest BCUT2D eigenvalue weighted by Crippen LogP contribution is 2.47. The summed E-state index contributed by atoms with van der Waals surface area (Å²) in [5, 5.41) is 0.823. The molecule has 2 aromatic rings. The van der Waals surface area contributed by atoms with E-state index in [0.717, 1.165) is 54.9 Å². The van der Waals surface area contributed by atoms with Crippen molar-refractivity contribution in [2.75, 3.05) is 25.5 Å². The largest absolute Gasteiger partial charge is 0.315 e. The number of hydrogen-bond acceptors (Lipinski definition) is 3. The molecule has 0 bridgehead atoms. The van der Waals surface area contributed by atoms with E-state index in [-0.39, 0.29) is 17.6 Å². The molecule has 1 amide bonds. The lowest BCUT2D eigenvalue weighted by Crippen LogP contribution is -2.31. The van der Waals surface area contributed by atoms with Crippen LogP contribution in [0.4, 0.5) is 5.69 Å². The molecule has 4 nitrogen and oxygen atoms in total. The number of anilines is 1. The monoisotopic (exact) mass is 452 g/mol. The molecular weight excluding hydrogens is 420 g/mol. The number of ketones is 1. The summed E-state index contributed by atoms with van der Waals surface area (Å²) in [6.45, 7) is 3.15. The highest BCUT2D eigenvalue weighted by molar-refractivity contribution is 6.31. The number of halogens is 1. The molecule has 170 valence electrons. The van der Waals surface area contributed by atoms with Gasteiger partial charge in [-0.1, -0.05) is 41.9 Å². The van der Waals surface area contributed by atoms with Gasteiger partial charge in [-0.15, -0.1) is 0 Å². The van der Waals surface area contributed by atoms with Crippen LogP contribution in [-0.4, -0.2) is 43.3 Å². The fourth-order valence-electron chi connectivity index (χ4n) is 4.79. The van der Waals surface area contributed by atoms with Gasteiger partial charge in [0.15, 0.2) is 5.78 Å². The van der Waals surface area contributed by atoms with Crippen LogP contribution in [0.2, 0.25) is 5.02 Å². The second-order valence-electron chi connectivity index (χ2n) is 9.53. The Morgan fingerprint density at radius 3 is 2.81 bits per heavy atom. The second kappa shape index (κ2) is 9.76. The maximum Gasteiger partial charge on any atom is 0.230 e. The predicted octanol–water partition coefficient (Wildman–Crippen LogP) is 5.41. The molecule has 0 radical (unpaired) electrons. The van der Waals surface area contributed by atoms with Gasteiger partial charge in [0.25, 0.3) is 0 Å². The molecular formula is C27H33ClN2O2. The number of amides is 1. The van der Waals surface area contributed by atoms with Crippen molar-refractivity contribution < 1.29 is 9.59 Å². The van der Waals surface area contributed by atoms with E-state index in [9.17, 15) is 9.59 Å². The van der Waals surface area contributed by atoms with Gasteiger partial charge >= 0.3 is 0 Å². The highest BCUT2D eigenvalue weighted by atomic mass is 35.5. The third kappa shape index (κ3) is 5.07. The molecule has 1 aliphatic heterocycles. The van der Waals surface area contributed by atoms with Crippen molar-refractivity contribution in [2.24, 2.45) is 11.8 Å². The zero-order valence-electron chi connectivity index (χ0n) is 19.3. The van der Waals surface area contributed by atoms with Gasteiger partial charge in [-0.3, -0.25) is 9.59 Å². The maximum absolute atomic E-state index is 12.8. The highest BCUT2D eigenvalue weighted by Gasteiger charge is 2.46. The molecule has 3 unspecified atom stereocenters. The summed E-state index contributed by atoms with van der Waals surface area (Å²) in [4.78, 5) is 29.5. The average Bonchev–Trinajstić information content (AvgIpc) is 3.56. The lowest BCUT2D eigenvalue weighted by atomic mass is 9.99. The summed E-state index contributed by atoms with van der Waals surface area (Å²) in [6, 6.07) is 14.3. The molecule has 2 aliphatic rings. The Morgan fingerprint density at radius 1 is 1.25 bits per heavy atom. The number of hydrogen-bond donors (Lipinski definition) is 0. The van der Waals surface area contributed by atoms with Crippen molar-refractivity contribution in [3.63, 3.8) is 0 Å². The first kappa shape index (κ1) is 23.0. The van der Waals surface area contributed by atoms with Crippen LogP contribution in [0, 0.1) is 11.8 Å². The minimum atomic E-state index is 0.161. The van der Waals surface area contributed by atoms with Crippen LogP contribution in [0.3, 0.4) is 0 Å². The van der Waals surface area contributed by atoms with Gasteiger partial charge in [0.05, 0.1) is 0 Å². The van der Waals surface area contributed by atoms with Gasteiger partial charge in [-0.25, -0.2) is 0 Å². The van der Waals surface area contributed by atoms with Crippen molar-refractivity contribution in [3.05, 3.63) is 64.2 Å². The van der Waals surface area contributed by atoms with Gasteiger partial charge in [0.1, 0.15) is 0 Å². The van der Waals surface area contributed by atoms with Crippen molar-refractivity contribution >= 4 is 29.0 Å². The molecule has 1 fully saturated rings. The summed E-state index contributed by atoms with van der Waals surface area (Å²) in [6.07, 6.45) is 5.23. The maximum atomic E-state index is 12.8. The molecule has 0 spiro atoms. The van der Waals surface area contributed by atoms with E-state index in [0.29, 0.717) is 18.4 Å². The van der Waals surface area contributed by atoms with Crippen LogP contribution < -0.4 is 4.90 Å². The van der Waals surface area contributed by atoms with Gasteiger partial charge < -0.3 is 9.80 Å². The molecule has 2 aromatic carbocycles. The molecule has 0 saturated heterocycles. The predicted molar refractivity (Wildman–Crippen MR) is 131 cm³/mol. The number of fused-ring (bicyclic) bond motifs is 2. The van der Waals surface area contributed by atoms with Gasteiger partial charge in [-0.05, 0) is 75.3 Å². The van der Waals surface area contributed by atoms with E-state index in [1.807, 2.05) is 37.4 Å². The number of carbonyl (C=O) groups excluding carboxylic acids is 2. The van der Waals surface area contributed by atoms with Crippen LogP contribution >= 0.6 is 11.6 Å². The van der Waals surface area contributed by atoms with E-state index >= 15 is 0 Å². The summed E-state index contributed by atoms with van der Waals surface area (Å²) in [5.74, 6) is 1.04. The van der Waals surface area contributed by atoms with Crippen molar-refractivity contribution in [2.45, 2.75) is 51.5 Å². The van der Waals surface area contributed by atoms with E-state index in [1.54, 1.807) is 4.90 Å². The van der Waals surface area contributed by atoms with Crippen LogP contribution in [0.1, 0.15) is 54.1 Å². The summed E-state index contributed by atoms with van der Waals surface area (Å²) in [7, 11) is 3.98. The topological polar surface area (TPSA) is 40.6 Å². The summed E-state index contributed by atoms with van der Waals surface area (Å²) in [5.41, 5.74) is 4.00. The molecule has 1 heterocycles. The first-order valence-electron chi connectivity index (χ1n) is 11.7. The van der Waals surface area contributed by atoms with E-state index in [4.69, 9.17) is 11.6 Å². The second-order valence-corrected chi connectivity index (χ2v) is 9.94. The van der Waals surface area contributed by atoms with E-state index < -0.39 is 0 Å². The Labute approximate surface area is 196 Å². The summed E-state index contributed by atoms with van der Waals surface area (Å²) >= 11 is 6.27. The van der Waals surface area contributed by atoms with Crippen LogP contribution in [0.15, 0.2) is 42.5 Å². The van der Waals surface area contributed by atoms with Crippen LogP contribution in [0.25, 0.3) is 0 Å². The molecule has 5 heteroatoms. The number of likely N-dealkylation sites (N-methyl/N-ethyl adjacent to an activating group) is 1. The number of nitrogens with zero attached hydrogens (tertiary/aromatic N) is 2. The molecule has 1 saturated carbocycles. The Kier molecular flexibility index (Phi) is 7.02. The van der Waals surface area contributed by atoms with Gasteiger partial charge in [0, 0.05) is 48.2 Å². The fraction of sp³-hybridized carbons (Fsp3) is 0.481. The molecule has 4 rings (SSSR count). The normalized spacial score (nSPS) is 20.5. The number of rotatable bonds is 9. The minimum Gasteiger partial charge on any atom is -0.315 e. The Hall–Kier alpha value is -2.17. The first-order valence-corrected chi connectivity index (χ1v) is 12.1. The fourth-order valence-corrected chi connectivity index (χ4v) is 5.02. The Balaban J connectivity index is 1.27. The molecule has 0 aromatic heterocycles. The average molecular weight is 453 g/mol. The zero-order chi connectivity index (χ0) is 22.8. The van der Waals surface area contributed by atoms with Crippen LogP contribution in [0.5, 0.6) is 0 Å². The van der Waals surface area contributed by atoms with E-state index in [2.05, 4.69) is 31.0 Å². The third-order valence-electron chi connectivity index (χ3n) is 7.29. The van der Waals surface area contributed by atoms with E-state index in [1.165, 1.54) is 11.1 Å².